The number of epoxide rings is 1. The van der Waals surface area contributed by atoms with Crippen molar-refractivity contribution in [3.63, 3.8) is 0 Å². The van der Waals surface area contributed by atoms with Crippen LogP contribution in [0.4, 0.5) is 0 Å². The number of hydrogen-bond acceptors (Lipinski definition) is 6. The number of carbonyl (C=O) groups excluding carboxylic acids is 1. The van der Waals surface area contributed by atoms with Crippen LogP contribution in [0.25, 0.3) is 0 Å². The van der Waals surface area contributed by atoms with E-state index in [0.717, 1.165) is 26.0 Å². The second-order valence-corrected chi connectivity index (χ2v) is 9.49. The minimum absolute atomic E-state index is 0.00637. The summed E-state index contributed by atoms with van der Waals surface area (Å²) in [6.45, 7) is 6.07. The summed E-state index contributed by atoms with van der Waals surface area (Å²) < 4.78 is 23.0. The highest BCUT2D eigenvalue weighted by Crippen LogP contribution is 2.62. The standard InChI is InChI=1S/C20H31NO5/c1-19-4-3-5-20(12-25-20)16(19)8-13-14(18(22)26-15(13)9-19)10-21(2)11-17-23-6-7-24-17/h13-17H,3-12H2,1-2H3/t13-,14-,15-,16-,19-,20+/m1/s1. The van der Waals surface area contributed by atoms with Gasteiger partial charge in [-0.25, -0.2) is 0 Å². The molecule has 0 radical (unpaired) electrons. The monoisotopic (exact) mass is 365 g/mol. The average Bonchev–Trinajstić information content (AvgIpc) is 3.04. The Kier molecular flexibility index (Phi) is 4.12. The van der Waals surface area contributed by atoms with Crippen LogP contribution in [0.1, 0.15) is 39.0 Å². The SMILES string of the molecule is CN(CC1OCCO1)C[C@H]1C(=O)O[C@@H]2C[C@@]3(C)CCC[C@]4(CO4)[C@@H]3C[C@@H]21. The number of esters is 1. The quantitative estimate of drug-likeness (QED) is 0.559. The third-order valence-electron chi connectivity index (χ3n) is 7.74. The molecule has 3 aliphatic heterocycles. The summed E-state index contributed by atoms with van der Waals surface area (Å²) in [4.78, 5) is 14.8. The first-order valence-electron chi connectivity index (χ1n) is 10.3. The van der Waals surface area contributed by atoms with Crippen LogP contribution >= 0.6 is 0 Å². The highest BCUT2D eigenvalue weighted by atomic mass is 16.7. The first kappa shape index (κ1) is 17.4. The molecule has 0 aromatic carbocycles. The molecule has 5 aliphatic rings. The van der Waals surface area contributed by atoms with Gasteiger partial charge in [0.2, 0.25) is 0 Å². The summed E-state index contributed by atoms with van der Waals surface area (Å²) in [5, 5.41) is 0. The lowest BCUT2D eigenvalue weighted by Gasteiger charge is -2.51. The van der Waals surface area contributed by atoms with E-state index < -0.39 is 0 Å². The number of carbonyl (C=O) groups is 1. The normalized spacial score (nSPS) is 47.9. The molecule has 0 unspecified atom stereocenters. The Morgan fingerprint density at radius 3 is 2.69 bits per heavy atom. The first-order chi connectivity index (χ1) is 12.5. The highest BCUT2D eigenvalue weighted by Gasteiger charge is 2.65. The van der Waals surface area contributed by atoms with E-state index >= 15 is 0 Å². The maximum absolute atomic E-state index is 12.7. The molecule has 6 nitrogen and oxygen atoms in total. The van der Waals surface area contributed by atoms with E-state index in [4.69, 9.17) is 18.9 Å². The van der Waals surface area contributed by atoms with Crippen LogP contribution in [0.2, 0.25) is 0 Å². The second kappa shape index (κ2) is 6.16. The number of rotatable bonds is 4. The zero-order valence-corrected chi connectivity index (χ0v) is 15.9. The zero-order valence-electron chi connectivity index (χ0n) is 15.9. The van der Waals surface area contributed by atoms with Gasteiger partial charge in [0.05, 0.1) is 31.3 Å². The minimum Gasteiger partial charge on any atom is -0.462 e. The molecule has 0 aromatic heterocycles. The number of fused-ring (bicyclic) bond motifs is 3. The molecule has 3 heterocycles. The number of nitrogens with zero attached hydrogens (tertiary/aromatic N) is 1. The Labute approximate surface area is 155 Å². The fourth-order valence-corrected chi connectivity index (χ4v) is 6.34. The van der Waals surface area contributed by atoms with E-state index in [1.807, 2.05) is 7.05 Å². The van der Waals surface area contributed by atoms with Crippen molar-refractivity contribution in [2.45, 2.75) is 57.0 Å². The van der Waals surface area contributed by atoms with Gasteiger partial charge >= 0.3 is 5.97 Å². The lowest BCUT2D eigenvalue weighted by Crippen LogP contribution is -2.51. The number of likely N-dealkylation sites (N-methyl/N-ethyl adjacent to an activating group) is 1. The summed E-state index contributed by atoms with van der Waals surface area (Å²) in [6, 6.07) is 0. The molecule has 2 saturated carbocycles. The molecule has 6 heteroatoms. The van der Waals surface area contributed by atoms with Crippen molar-refractivity contribution in [1.82, 2.24) is 4.90 Å². The van der Waals surface area contributed by atoms with Gasteiger partial charge in [0.1, 0.15) is 6.10 Å². The molecule has 5 rings (SSSR count). The predicted molar refractivity (Wildman–Crippen MR) is 93.4 cm³/mol. The largest absolute Gasteiger partial charge is 0.462 e. The van der Waals surface area contributed by atoms with Gasteiger partial charge in [-0.2, -0.15) is 0 Å². The predicted octanol–water partition coefficient (Wildman–Crippen LogP) is 1.82. The van der Waals surface area contributed by atoms with Crippen molar-refractivity contribution < 1.29 is 23.7 Å². The van der Waals surface area contributed by atoms with Crippen LogP contribution in [0, 0.1) is 23.2 Å². The maximum Gasteiger partial charge on any atom is 0.310 e. The van der Waals surface area contributed by atoms with E-state index in [0.29, 0.717) is 31.6 Å². The number of ether oxygens (including phenoxy) is 4. The fraction of sp³-hybridized carbons (Fsp3) is 0.950. The summed E-state index contributed by atoms with van der Waals surface area (Å²) in [5.41, 5.74) is 0.383. The molecule has 26 heavy (non-hydrogen) atoms. The fourth-order valence-electron chi connectivity index (χ4n) is 6.34. The Morgan fingerprint density at radius 1 is 1.19 bits per heavy atom. The van der Waals surface area contributed by atoms with Gasteiger partial charge in [-0.3, -0.25) is 4.79 Å². The Balaban J connectivity index is 1.29. The van der Waals surface area contributed by atoms with E-state index in [-0.39, 0.29) is 35.3 Å². The van der Waals surface area contributed by atoms with E-state index in [9.17, 15) is 4.79 Å². The summed E-state index contributed by atoms with van der Waals surface area (Å²) in [6.07, 6.45) is 5.69. The van der Waals surface area contributed by atoms with Crippen molar-refractivity contribution in [1.29, 1.82) is 0 Å². The van der Waals surface area contributed by atoms with Crippen LogP contribution in [-0.2, 0) is 23.7 Å². The van der Waals surface area contributed by atoms with Crippen molar-refractivity contribution >= 4 is 5.97 Å². The Morgan fingerprint density at radius 2 is 1.96 bits per heavy atom. The summed E-state index contributed by atoms with van der Waals surface area (Å²) >= 11 is 0. The maximum atomic E-state index is 12.7. The van der Waals surface area contributed by atoms with Crippen LogP contribution in [0.5, 0.6) is 0 Å². The van der Waals surface area contributed by atoms with E-state index in [2.05, 4.69) is 11.8 Å². The van der Waals surface area contributed by atoms with Crippen molar-refractivity contribution in [3.8, 4) is 0 Å². The first-order valence-corrected chi connectivity index (χ1v) is 10.3. The molecule has 0 amide bonds. The van der Waals surface area contributed by atoms with Gasteiger partial charge in [0.15, 0.2) is 6.29 Å². The molecular weight excluding hydrogens is 334 g/mol. The Hall–Kier alpha value is -0.690. The summed E-state index contributed by atoms with van der Waals surface area (Å²) in [7, 11) is 2.05. The van der Waals surface area contributed by atoms with Crippen molar-refractivity contribution in [2.75, 3.05) is 40.0 Å². The zero-order chi connectivity index (χ0) is 17.9. The Bertz CT molecular complexity index is 573. The third kappa shape index (κ3) is 2.81. The van der Waals surface area contributed by atoms with Crippen molar-refractivity contribution in [3.05, 3.63) is 0 Å². The van der Waals surface area contributed by atoms with E-state index in [1.54, 1.807) is 0 Å². The van der Waals surface area contributed by atoms with Gasteiger partial charge in [-0.15, -0.1) is 0 Å². The smallest absolute Gasteiger partial charge is 0.310 e. The summed E-state index contributed by atoms with van der Waals surface area (Å²) in [5.74, 6) is 0.864. The topological polar surface area (TPSA) is 60.5 Å². The molecular formula is C20H31NO5. The van der Waals surface area contributed by atoms with Gasteiger partial charge < -0.3 is 23.8 Å². The molecule has 1 spiro atoms. The minimum atomic E-state index is -0.163. The van der Waals surface area contributed by atoms with Crippen LogP contribution in [0.3, 0.4) is 0 Å². The lowest BCUT2D eigenvalue weighted by molar-refractivity contribution is -0.147. The van der Waals surface area contributed by atoms with Gasteiger partial charge in [0.25, 0.3) is 0 Å². The van der Waals surface area contributed by atoms with E-state index in [1.165, 1.54) is 19.3 Å². The van der Waals surface area contributed by atoms with Crippen LogP contribution < -0.4 is 0 Å². The van der Waals surface area contributed by atoms with Crippen LogP contribution in [-0.4, -0.2) is 68.8 Å². The highest BCUT2D eigenvalue weighted by molar-refractivity contribution is 5.75. The van der Waals surface area contributed by atoms with Gasteiger partial charge in [-0.05, 0) is 50.5 Å². The van der Waals surface area contributed by atoms with Crippen LogP contribution in [0.15, 0.2) is 0 Å². The molecule has 6 atom stereocenters. The van der Waals surface area contributed by atoms with Crippen molar-refractivity contribution in [2.24, 2.45) is 23.2 Å². The molecule has 5 fully saturated rings. The van der Waals surface area contributed by atoms with Gasteiger partial charge in [-0.1, -0.05) is 6.92 Å². The molecule has 2 aliphatic carbocycles. The van der Waals surface area contributed by atoms with Gasteiger partial charge in [0, 0.05) is 19.0 Å². The molecule has 0 aromatic rings. The average molecular weight is 365 g/mol. The molecule has 0 bridgehead atoms. The third-order valence-corrected chi connectivity index (χ3v) is 7.74. The number of hydrogen-bond donors (Lipinski definition) is 0. The molecule has 3 saturated heterocycles. The molecule has 0 N–H and O–H groups in total. The second-order valence-electron chi connectivity index (χ2n) is 9.49. The molecule has 146 valence electrons. The lowest BCUT2D eigenvalue weighted by atomic mass is 9.53.